The molecule has 0 aliphatic carbocycles. The molecule has 0 saturated carbocycles. The van der Waals surface area contributed by atoms with Crippen LogP contribution < -0.4 is 0 Å². The summed E-state index contributed by atoms with van der Waals surface area (Å²) in [7, 11) is 2.08. The Bertz CT molecular complexity index is 620. The Hall–Kier alpha value is -1.40. The van der Waals surface area contributed by atoms with Gasteiger partial charge in [-0.05, 0) is 44.9 Å². The van der Waals surface area contributed by atoms with E-state index in [-0.39, 0.29) is 17.9 Å². The van der Waals surface area contributed by atoms with Crippen LogP contribution in [-0.4, -0.2) is 72.3 Å². The summed E-state index contributed by atoms with van der Waals surface area (Å²) in [6.45, 7) is 8.24. The van der Waals surface area contributed by atoms with Gasteiger partial charge in [0.2, 0.25) is 5.91 Å². The van der Waals surface area contributed by atoms with E-state index in [2.05, 4.69) is 25.8 Å². The highest BCUT2D eigenvalue weighted by molar-refractivity contribution is 7.14. The van der Waals surface area contributed by atoms with E-state index >= 15 is 0 Å². The van der Waals surface area contributed by atoms with Gasteiger partial charge in [0.15, 0.2) is 0 Å². The number of rotatable bonds is 3. The average Bonchev–Trinajstić information content (AvgIpc) is 3.20. The molecule has 6 heteroatoms. The van der Waals surface area contributed by atoms with Gasteiger partial charge in [-0.3, -0.25) is 9.59 Å². The van der Waals surface area contributed by atoms with Crippen LogP contribution in [0.3, 0.4) is 0 Å². The van der Waals surface area contributed by atoms with Crippen LogP contribution in [0, 0.1) is 6.92 Å². The number of carbonyl (C=O) groups excluding carboxylic acids is 2. The molecule has 0 N–H and O–H groups in total. The van der Waals surface area contributed by atoms with Gasteiger partial charge in [-0.15, -0.1) is 11.3 Å². The summed E-state index contributed by atoms with van der Waals surface area (Å²) in [4.78, 5) is 33.8. The van der Waals surface area contributed by atoms with Gasteiger partial charge in [-0.2, -0.15) is 0 Å². The quantitative estimate of drug-likeness (QED) is 0.838. The number of carbonyl (C=O) groups is 2. The predicted molar refractivity (Wildman–Crippen MR) is 96.6 cm³/mol. The molecule has 1 aromatic heterocycles. The van der Waals surface area contributed by atoms with Gasteiger partial charge in [-0.25, -0.2) is 0 Å². The Morgan fingerprint density at radius 3 is 2.54 bits per heavy atom. The van der Waals surface area contributed by atoms with E-state index < -0.39 is 0 Å². The van der Waals surface area contributed by atoms with E-state index in [0.717, 1.165) is 50.3 Å². The fourth-order valence-corrected chi connectivity index (χ4v) is 4.69. The van der Waals surface area contributed by atoms with Gasteiger partial charge in [0.05, 0.1) is 4.88 Å². The lowest BCUT2D eigenvalue weighted by Crippen LogP contribution is -2.53. The van der Waals surface area contributed by atoms with Gasteiger partial charge in [-0.1, -0.05) is 6.92 Å². The second kappa shape index (κ2) is 7.23. The lowest BCUT2D eigenvalue weighted by atomic mass is 10.1. The number of hydrogen-bond acceptors (Lipinski definition) is 4. The first-order chi connectivity index (χ1) is 11.5. The molecule has 2 fully saturated rings. The first-order valence-corrected chi connectivity index (χ1v) is 9.70. The minimum atomic E-state index is -0.270. The van der Waals surface area contributed by atoms with Crippen LogP contribution in [0.5, 0.6) is 0 Å². The highest BCUT2D eigenvalue weighted by Crippen LogP contribution is 2.27. The molecule has 3 heterocycles. The minimum Gasteiger partial charge on any atom is -0.338 e. The zero-order chi connectivity index (χ0) is 17.3. The second-order valence-corrected chi connectivity index (χ2v) is 8.09. The SMILES string of the molecule is CCc1cc(C(=O)N2CCC[C@H]2C(=O)N2CCN(C)CC2)sc1C. The molecule has 24 heavy (non-hydrogen) atoms. The smallest absolute Gasteiger partial charge is 0.264 e. The maximum Gasteiger partial charge on any atom is 0.264 e. The van der Waals surface area contributed by atoms with E-state index in [0.29, 0.717) is 6.54 Å². The lowest BCUT2D eigenvalue weighted by Gasteiger charge is -2.35. The number of piperazine rings is 1. The maximum atomic E-state index is 12.9. The molecule has 0 spiro atoms. The third kappa shape index (κ3) is 3.35. The minimum absolute atomic E-state index is 0.0350. The van der Waals surface area contributed by atoms with Crippen LogP contribution in [0.1, 0.15) is 39.9 Å². The molecule has 3 rings (SSSR count). The number of thiophene rings is 1. The molecule has 1 atom stereocenters. The van der Waals surface area contributed by atoms with Crippen LogP contribution in [-0.2, 0) is 11.2 Å². The molecule has 132 valence electrons. The zero-order valence-corrected chi connectivity index (χ0v) is 15.7. The molecule has 0 bridgehead atoms. The van der Waals surface area contributed by atoms with E-state index in [4.69, 9.17) is 0 Å². The van der Waals surface area contributed by atoms with Gasteiger partial charge >= 0.3 is 0 Å². The maximum absolute atomic E-state index is 12.9. The van der Waals surface area contributed by atoms with Crippen molar-refractivity contribution < 1.29 is 9.59 Å². The van der Waals surface area contributed by atoms with E-state index in [1.807, 2.05) is 15.9 Å². The van der Waals surface area contributed by atoms with Gasteiger partial charge in [0.1, 0.15) is 6.04 Å². The summed E-state index contributed by atoms with van der Waals surface area (Å²) in [5.74, 6) is 0.172. The average molecular weight is 350 g/mol. The van der Waals surface area contributed by atoms with E-state index in [9.17, 15) is 9.59 Å². The van der Waals surface area contributed by atoms with Crippen LogP contribution in [0.4, 0.5) is 0 Å². The van der Waals surface area contributed by atoms with Crippen molar-refractivity contribution in [2.75, 3.05) is 39.8 Å². The van der Waals surface area contributed by atoms with Crippen molar-refractivity contribution >= 4 is 23.2 Å². The number of likely N-dealkylation sites (tertiary alicyclic amines) is 1. The monoisotopic (exact) mass is 349 g/mol. The summed E-state index contributed by atoms with van der Waals surface area (Å²) in [5, 5.41) is 0. The van der Waals surface area contributed by atoms with Crippen molar-refractivity contribution in [1.82, 2.24) is 14.7 Å². The van der Waals surface area contributed by atoms with Crippen LogP contribution >= 0.6 is 11.3 Å². The fraction of sp³-hybridized carbons (Fsp3) is 0.667. The number of likely N-dealkylation sites (N-methyl/N-ethyl adjacent to an activating group) is 1. The number of nitrogens with zero attached hydrogens (tertiary/aromatic N) is 3. The lowest BCUT2D eigenvalue weighted by molar-refractivity contribution is -0.136. The Kier molecular flexibility index (Phi) is 5.25. The largest absolute Gasteiger partial charge is 0.338 e. The van der Waals surface area contributed by atoms with E-state index in [1.54, 1.807) is 11.3 Å². The van der Waals surface area contributed by atoms with Crippen LogP contribution in [0.25, 0.3) is 0 Å². The molecule has 2 aliphatic heterocycles. The molecule has 0 aromatic carbocycles. The van der Waals surface area contributed by atoms with Crippen molar-refractivity contribution in [3.63, 3.8) is 0 Å². The molecule has 2 aliphatic rings. The Morgan fingerprint density at radius 2 is 1.92 bits per heavy atom. The molecule has 5 nitrogen and oxygen atoms in total. The molecule has 0 unspecified atom stereocenters. The van der Waals surface area contributed by atoms with Crippen molar-refractivity contribution in [3.05, 3.63) is 21.4 Å². The molecule has 0 radical (unpaired) electrons. The Labute approximate surface area is 148 Å². The summed E-state index contributed by atoms with van der Waals surface area (Å²) >= 11 is 1.56. The standard InChI is InChI=1S/C18H27N3O2S/c1-4-14-12-16(24-13(14)2)18(23)21-7-5-6-15(21)17(22)20-10-8-19(3)9-11-20/h12,15H,4-11H2,1-3H3/t15-/m0/s1. The van der Waals surface area contributed by atoms with Gasteiger partial charge in [0.25, 0.3) is 5.91 Å². The van der Waals surface area contributed by atoms with Crippen LogP contribution in [0.15, 0.2) is 6.07 Å². The summed E-state index contributed by atoms with van der Waals surface area (Å²) < 4.78 is 0. The van der Waals surface area contributed by atoms with Crippen LogP contribution in [0.2, 0.25) is 0 Å². The number of aryl methyl sites for hydroxylation is 2. The van der Waals surface area contributed by atoms with E-state index in [1.165, 1.54) is 10.4 Å². The normalized spacial score (nSPS) is 22.2. The Morgan fingerprint density at radius 1 is 1.21 bits per heavy atom. The van der Waals surface area contributed by atoms with Crippen molar-refractivity contribution in [1.29, 1.82) is 0 Å². The highest BCUT2D eigenvalue weighted by Gasteiger charge is 2.37. The summed E-state index contributed by atoms with van der Waals surface area (Å²) in [5.41, 5.74) is 1.24. The van der Waals surface area contributed by atoms with Crippen molar-refractivity contribution in [3.8, 4) is 0 Å². The van der Waals surface area contributed by atoms with Crippen molar-refractivity contribution in [2.24, 2.45) is 0 Å². The number of hydrogen-bond donors (Lipinski definition) is 0. The highest BCUT2D eigenvalue weighted by atomic mass is 32.1. The Balaban J connectivity index is 1.72. The molecular formula is C18H27N3O2S. The van der Waals surface area contributed by atoms with Gasteiger partial charge in [0, 0.05) is 37.6 Å². The fourth-order valence-electron chi connectivity index (χ4n) is 3.62. The molecular weight excluding hydrogens is 322 g/mol. The second-order valence-electron chi connectivity index (χ2n) is 6.83. The predicted octanol–water partition coefficient (Wildman–Crippen LogP) is 2.00. The first-order valence-electron chi connectivity index (χ1n) is 8.89. The van der Waals surface area contributed by atoms with Gasteiger partial charge < -0.3 is 14.7 Å². The van der Waals surface area contributed by atoms with Crippen molar-refractivity contribution in [2.45, 2.75) is 39.2 Å². The zero-order valence-electron chi connectivity index (χ0n) is 14.9. The number of amides is 2. The summed E-state index contributed by atoms with van der Waals surface area (Å²) in [6, 6.07) is 1.74. The molecule has 2 saturated heterocycles. The summed E-state index contributed by atoms with van der Waals surface area (Å²) in [6.07, 6.45) is 2.65. The topological polar surface area (TPSA) is 43.9 Å². The third-order valence-corrected chi connectivity index (χ3v) is 6.31. The first kappa shape index (κ1) is 17.4. The molecule has 2 amide bonds. The molecule has 1 aromatic rings. The third-order valence-electron chi connectivity index (χ3n) is 5.23.